The average Bonchev–Trinajstić information content (AvgIpc) is 2.85. The maximum atomic E-state index is 14.7. The number of anilines is 1. The molecule has 1 aliphatic carbocycles. The lowest BCUT2D eigenvalue weighted by Gasteiger charge is -2.41. The molecule has 2 N–H and O–H groups in total. The molecule has 6 nitrogen and oxygen atoms in total. The summed E-state index contributed by atoms with van der Waals surface area (Å²) in [6, 6.07) is 3.80. The highest BCUT2D eigenvalue weighted by Gasteiger charge is 2.37. The van der Waals surface area contributed by atoms with E-state index in [0.29, 0.717) is 11.4 Å². The molecule has 1 aromatic carbocycles. The van der Waals surface area contributed by atoms with E-state index >= 15 is 0 Å². The molecule has 1 aromatic heterocycles. The second-order valence-electron chi connectivity index (χ2n) is 8.60. The lowest BCUT2D eigenvalue weighted by atomic mass is 9.89. The maximum absolute atomic E-state index is 14.7. The first-order chi connectivity index (χ1) is 18.3. The summed E-state index contributed by atoms with van der Waals surface area (Å²) in [4.78, 5) is 16.3. The van der Waals surface area contributed by atoms with Crippen LogP contribution in [0.5, 0.6) is 5.75 Å². The van der Waals surface area contributed by atoms with Gasteiger partial charge in [0.15, 0.2) is 11.6 Å². The molecule has 3 rings (SSSR count). The van der Waals surface area contributed by atoms with Crippen molar-refractivity contribution in [3.63, 3.8) is 0 Å². The van der Waals surface area contributed by atoms with Gasteiger partial charge in [0.05, 0.1) is 29.6 Å². The predicted molar refractivity (Wildman–Crippen MR) is 139 cm³/mol. The molecular formula is C26H31F6N4O2P. The zero-order valence-electron chi connectivity index (χ0n) is 22.0. The van der Waals surface area contributed by atoms with Crippen LogP contribution >= 0.6 is 8.30 Å². The molecule has 39 heavy (non-hydrogen) atoms. The number of rotatable bonds is 10. The zero-order valence-corrected chi connectivity index (χ0v) is 22.9. The predicted octanol–water partition coefficient (Wildman–Crippen LogP) is 6.72. The number of hydrogen-bond donors (Lipinski definition) is 2. The van der Waals surface area contributed by atoms with E-state index in [1.807, 2.05) is 24.8 Å². The van der Waals surface area contributed by atoms with Crippen LogP contribution in [0.1, 0.15) is 56.9 Å². The van der Waals surface area contributed by atoms with E-state index in [-0.39, 0.29) is 34.6 Å². The second-order valence-corrected chi connectivity index (χ2v) is 10.0. The minimum atomic E-state index is -4.52. The van der Waals surface area contributed by atoms with Gasteiger partial charge in [0.2, 0.25) is 0 Å². The summed E-state index contributed by atoms with van der Waals surface area (Å²) >= 11 is 0. The summed E-state index contributed by atoms with van der Waals surface area (Å²) in [7, 11) is -2.32. The highest BCUT2D eigenvalue weighted by Crippen LogP contribution is 2.42. The molecule has 0 bridgehead atoms. The number of halogens is 6. The van der Waals surface area contributed by atoms with Crippen LogP contribution in [0.25, 0.3) is 5.57 Å². The first-order valence-corrected chi connectivity index (χ1v) is 13.5. The maximum Gasteiger partial charge on any atom is 0.403 e. The van der Waals surface area contributed by atoms with Gasteiger partial charge in [-0.1, -0.05) is 20.4 Å². The fourth-order valence-electron chi connectivity index (χ4n) is 3.87. The Bertz CT molecular complexity index is 1170. The Balaban J connectivity index is 0.00000260. The number of aromatic nitrogens is 1. The number of nitrogens with zero attached hydrogens (tertiary/aromatic N) is 3. The van der Waals surface area contributed by atoms with Gasteiger partial charge >= 0.3 is 12.8 Å². The van der Waals surface area contributed by atoms with Crippen LogP contribution in [0.4, 0.5) is 32.0 Å². The van der Waals surface area contributed by atoms with Gasteiger partial charge in [-0.15, -0.1) is 0 Å². The van der Waals surface area contributed by atoms with Gasteiger partial charge in [-0.3, -0.25) is 10.1 Å². The number of hydrogen-bond acceptors (Lipinski definition) is 6. The number of nitrogens with one attached hydrogen (secondary N) is 1. The van der Waals surface area contributed by atoms with Crippen LogP contribution in [-0.2, 0) is 6.54 Å². The number of benzene rings is 1. The van der Waals surface area contributed by atoms with Crippen molar-refractivity contribution in [1.82, 2.24) is 10.1 Å². The molecule has 2 aromatic rings. The molecule has 1 saturated carbocycles. The van der Waals surface area contributed by atoms with Crippen LogP contribution in [-0.4, -0.2) is 34.7 Å². The third-order valence-corrected chi connectivity index (χ3v) is 7.49. The summed E-state index contributed by atoms with van der Waals surface area (Å²) in [6.07, 6.45) is -0.862. The molecule has 2 unspecified atom stereocenters. The Labute approximate surface area is 225 Å². The number of ether oxygens (including phenoxy) is 1. The van der Waals surface area contributed by atoms with E-state index in [1.54, 1.807) is 0 Å². The Morgan fingerprint density at radius 3 is 2.44 bits per heavy atom. The Hall–Kier alpha value is -2.87. The van der Waals surface area contributed by atoms with Crippen molar-refractivity contribution < 1.29 is 36.0 Å². The Kier molecular flexibility index (Phi) is 11.6. The number of pyridine rings is 1. The lowest BCUT2D eigenvalue weighted by molar-refractivity contribution is -0.147. The summed E-state index contributed by atoms with van der Waals surface area (Å²) in [5, 5.41) is 11.7. The van der Waals surface area contributed by atoms with Crippen LogP contribution in [0.15, 0.2) is 31.0 Å². The normalized spacial score (nSPS) is 14.9. The van der Waals surface area contributed by atoms with Crippen molar-refractivity contribution in [2.24, 2.45) is 0 Å². The molecule has 0 aliphatic heterocycles. The van der Waals surface area contributed by atoms with Crippen LogP contribution in [0, 0.1) is 24.1 Å². The van der Waals surface area contributed by atoms with Crippen LogP contribution in [0.2, 0.25) is 0 Å². The molecule has 1 fully saturated rings. The highest BCUT2D eigenvalue weighted by atomic mass is 31.2. The third kappa shape index (κ3) is 8.07. The summed E-state index contributed by atoms with van der Waals surface area (Å²) in [6.45, 7) is 6.84. The molecule has 0 spiro atoms. The van der Waals surface area contributed by atoms with Crippen molar-refractivity contribution in [3.05, 3.63) is 53.6 Å². The minimum absolute atomic E-state index is 0.0657. The molecule has 13 heteroatoms. The highest BCUT2D eigenvalue weighted by molar-refractivity contribution is 7.57. The van der Waals surface area contributed by atoms with E-state index in [4.69, 9.17) is 0 Å². The van der Waals surface area contributed by atoms with E-state index in [1.165, 1.54) is 25.3 Å². The fourth-order valence-corrected chi connectivity index (χ4v) is 4.92. The van der Waals surface area contributed by atoms with Crippen LogP contribution < -0.4 is 20.0 Å². The lowest BCUT2D eigenvalue weighted by Crippen LogP contribution is -2.41. The minimum Gasteiger partial charge on any atom is -0.431 e. The van der Waals surface area contributed by atoms with E-state index in [0.717, 1.165) is 32.3 Å². The SMILES string of the molecule is C=C(C#N)c1cc(F)c(OC(F)F)c(C)c1N(Cc1ccc(P(O)NC(C)C(F)(F)F)cn1)C1CCC1.CC. The Morgan fingerprint density at radius 1 is 1.33 bits per heavy atom. The molecule has 1 heterocycles. The van der Waals surface area contributed by atoms with Gasteiger partial charge in [-0.25, -0.2) is 4.39 Å². The molecule has 2 atom stereocenters. The molecule has 0 amide bonds. The smallest absolute Gasteiger partial charge is 0.403 e. The van der Waals surface area contributed by atoms with Crippen molar-refractivity contribution in [1.29, 1.82) is 5.26 Å². The van der Waals surface area contributed by atoms with Crippen molar-refractivity contribution >= 4 is 24.9 Å². The van der Waals surface area contributed by atoms with Crippen molar-refractivity contribution in [3.8, 4) is 11.8 Å². The summed E-state index contributed by atoms with van der Waals surface area (Å²) in [5.41, 5.74) is 0.899. The standard InChI is InChI=1S/C24H25F6N4O2P.C2H6/c1-13(10-31)19-9-20(25)22(36-23(26)27)14(2)21(19)34(17-5-4-6-17)12-16-7-8-18(11-32-16)37(35)33-15(3)24(28,29)30;1-2/h7-9,11,15,17,23,33,35H,1,4-6,12H2,2-3H3;1-2H3. The second kappa shape index (κ2) is 14.0. The molecule has 1 aliphatic rings. The fraction of sp³-hybridized carbons (Fsp3) is 0.462. The first-order valence-electron chi connectivity index (χ1n) is 12.2. The number of allylic oxidation sites excluding steroid dienone is 1. The number of alkyl halides is 5. The monoisotopic (exact) mass is 576 g/mol. The molecular weight excluding hydrogens is 545 g/mol. The van der Waals surface area contributed by atoms with Crippen molar-refractivity contribution in [2.45, 2.75) is 78.4 Å². The molecule has 214 valence electrons. The van der Waals surface area contributed by atoms with Gasteiger partial charge in [0, 0.05) is 28.7 Å². The van der Waals surface area contributed by atoms with E-state index in [9.17, 15) is 36.5 Å². The third-order valence-electron chi connectivity index (χ3n) is 6.10. The average molecular weight is 577 g/mol. The number of nitriles is 1. The van der Waals surface area contributed by atoms with E-state index in [2.05, 4.69) is 21.4 Å². The van der Waals surface area contributed by atoms with Gasteiger partial charge in [0.25, 0.3) is 0 Å². The first kappa shape index (κ1) is 32.3. The van der Waals surface area contributed by atoms with Crippen molar-refractivity contribution in [2.75, 3.05) is 4.90 Å². The van der Waals surface area contributed by atoms with Gasteiger partial charge in [-0.05, 0) is 51.3 Å². The Morgan fingerprint density at radius 2 is 1.97 bits per heavy atom. The van der Waals surface area contributed by atoms with Gasteiger partial charge in [0.1, 0.15) is 14.3 Å². The van der Waals surface area contributed by atoms with Crippen LogP contribution in [0.3, 0.4) is 0 Å². The quantitative estimate of drug-likeness (QED) is 0.186. The summed E-state index contributed by atoms with van der Waals surface area (Å²) in [5.74, 6) is -1.69. The van der Waals surface area contributed by atoms with Gasteiger partial charge < -0.3 is 14.5 Å². The molecule has 0 saturated heterocycles. The molecule has 0 radical (unpaired) electrons. The summed E-state index contributed by atoms with van der Waals surface area (Å²) < 4.78 is 83.5. The largest absolute Gasteiger partial charge is 0.431 e. The topological polar surface area (TPSA) is 81.4 Å². The van der Waals surface area contributed by atoms with Gasteiger partial charge in [-0.2, -0.15) is 27.2 Å². The van der Waals surface area contributed by atoms with E-state index < -0.39 is 38.7 Å². The zero-order chi connectivity index (χ0) is 29.5.